The normalized spacial score (nSPS) is 23.8. The van der Waals surface area contributed by atoms with Crippen molar-refractivity contribution in [1.29, 1.82) is 0 Å². The molecule has 3 rings (SSSR count). The van der Waals surface area contributed by atoms with Crippen LogP contribution in [0.3, 0.4) is 0 Å². The molecule has 2 aliphatic rings. The smallest absolute Gasteiger partial charge is 0.331 e. The molecule has 1 aromatic carbocycles. The monoisotopic (exact) mass is 313 g/mol. The van der Waals surface area contributed by atoms with Gasteiger partial charge in [0.1, 0.15) is 5.41 Å². The number of nitrogens with one attached hydrogen (secondary N) is 1. The van der Waals surface area contributed by atoms with Crippen LogP contribution in [0, 0.1) is 12.3 Å². The fraction of sp³-hybridized carbons (Fsp3) is 0.353. The standard InChI is InChI=1S/C17H19N3O3/c1-4-7-20-15(22)17(14(21)18-16(20)23)9-12-8-11(2)5-6-13(12)19(3)10-17/h4-6,8H,1,7,9-10H2,2-3H3,(H,18,21,23). The summed E-state index contributed by atoms with van der Waals surface area (Å²) in [6.07, 6.45) is 1.77. The van der Waals surface area contributed by atoms with E-state index in [0.29, 0.717) is 6.42 Å². The fourth-order valence-corrected chi connectivity index (χ4v) is 3.42. The van der Waals surface area contributed by atoms with E-state index in [4.69, 9.17) is 0 Å². The van der Waals surface area contributed by atoms with Crippen molar-refractivity contribution in [2.24, 2.45) is 5.41 Å². The maximum absolute atomic E-state index is 12.9. The first-order chi connectivity index (χ1) is 10.9. The first kappa shape index (κ1) is 15.3. The zero-order valence-corrected chi connectivity index (χ0v) is 13.3. The lowest BCUT2D eigenvalue weighted by molar-refractivity contribution is -0.150. The van der Waals surface area contributed by atoms with Crippen molar-refractivity contribution < 1.29 is 14.4 Å². The van der Waals surface area contributed by atoms with Crippen molar-refractivity contribution in [1.82, 2.24) is 10.2 Å². The van der Waals surface area contributed by atoms with E-state index >= 15 is 0 Å². The molecule has 0 saturated carbocycles. The highest BCUT2D eigenvalue weighted by Gasteiger charge is 2.56. The molecule has 2 aliphatic heterocycles. The number of nitrogens with zero attached hydrogens (tertiary/aromatic N) is 2. The van der Waals surface area contributed by atoms with Gasteiger partial charge in [0.25, 0.3) is 0 Å². The van der Waals surface area contributed by atoms with E-state index in [-0.39, 0.29) is 13.1 Å². The molecular weight excluding hydrogens is 294 g/mol. The SMILES string of the molecule is C=CCN1C(=O)NC(=O)C2(Cc3cc(C)ccc3N(C)C2)C1=O. The second-order valence-corrected chi connectivity index (χ2v) is 6.21. The lowest BCUT2D eigenvalue weighted by Gasteiger charge is -2.45. The average Bonchev–Trinajstić information content (AvgIpc) is 2.49. The number of barbiturate groups is 1. The number of amides is 4. The van der Waals surface area contributed by atoms with Gasteiger partial charge in [-0.25, -0.2) is 4.79 Å². The van der Waals surface area contributed by atoms with Crippen LogP contribution >= 0.6 is 0 Å². The van der Waals surface area contributed by atoms with Gasteiger partial charge in [-0.05, 0) is 25.0 Å². The van der Waals surface area contributed by atoms with Gasteiger partial charge in [0.2, 0.25) is 11.8 Å². The molecule has 0 bridgehead atoms. The molecule has 1 aromatic rings. The number of rotatable bonds is 2. The number of imide groups is 2. The fourth-order valence-electron chi connectivity index (χ4n) is 3.42. The summed E-state index contributed by atoms with van der Waals surface area (Å²) >= 11 is 0. The zero-order chi connectivity index (χ0) is 16.8. The molecule has 1 N–H and O–H groups in total. The summed E-state index contributed by atoms with van der Waals surface area (Å²) in [5.41, 5.74) is 1.74. The van der Waals surface area contributed by atoms with Gasteiger partial charge in [0, 0.05) is 25.8 Å². The van der Waals surface area contributed by atoms with E-state index in [1.54, 1.807) is 0 Å². The van der Waals surface area contributed by atoms with Crippen molar-refractivity contribution in [3.05, 3.63) is 42.0 Å². The number of hydrogen-bond acceptors (Lipinski definition) is 4. The highest BCUT2D eigenvalue weighted by molar-refractivity contribution is 6.20. The van der Waals surface area contributed by atoms with Crippen LogP contribution in [0.25, 0.3) is 0 Å². The number of aryl methyl sites for hydroxylation is 1. The summed E-state index contributed by atoms with van der Waals surface area (Å²) in [7, 11) is 1.85. The number of anilines is 1. The Balaban J connectivity index is 2.07. The summed E-state index contributed by atoms with van der Waals surface area (Å²) in [6, 6.07) is 5.31. The Hall–Kier alpha value is -2.63. The van der Waals surface area contributed by atoms with E-state index in [2.05, 4.69) is 11.9 Å². The third-order valence-corrected chi connectivity index (χ3v) is 4.51. The molecule has 1 unspecified atom stereocenters. The molecule has 1 atom stereocenters. The molecule has 2 heterocycles. The Labute approximate surface area is 134 Å². The lowest BCUT2D eigenvalue weighted by atomic mass is 9.74. The van der Waals surface area contributed by atoms with Crippen LogP contribution in [0.5, 0.6) is 0 Å². The minimum absolute atomic E-state index is 0.0874. The minimum atomic E-state index is -1.27. The maximum Gasteiger partial charge on any atom is 0.331 e. The number of urea groups is 1. The Morgan fingerprint density at radius 2 is 2.09 bits per heavy atom. The van der Waals surface area contributed by atoms with Gasteiger partial charge in [-0.15, -0.1) is 6.58 Å². The second-order valence-electron chi connectivity index (χ2n) is 6.21. The second kappa shape index (κ2) is 5.22. The first-order valence-corrected chi connectivity index (χ1v) is 7.48. The predicted octanol–water partition coefficient (Wildman–Crippen LogP) is 1.24. The summed E-state index contributed by atoms with van der Waals surface area (Å²) < 4.78 is 0. The zero-order valence-electron chi connectivity index (χ0n) is 13.3. The van der Waals surface area contributed by atoms with Crippen LogP contribution < -0.4 is 10.2 Å². The predicted molar refractivity (Wildman–Crippen MR) is 86.0 cm³/mol. The van der Waals surface area contributed by atoms with Gasteiger partial charge >= 0.3 is 6.03 Å². The van der Waals surface area contributed by atoms with E-state index in [0.717, 1.165) is 21.7 Å². The van der Waals surface area contributed by atoms with Crippen LogP contribution in [0.1, 0.15) is 11.1 Å². The van der Waals surface area contributed by atoms with Crippen molar-refractivity contribution >= 4 is 23.5 Å². The molecule has 1 fully saturated rings. The maximum atomic E-state index is 12.9. The Morgan fingerprint density at radius 1 is 1.35 bits per heavy atom. The summed E-state index contributed by atoms with van der Waals surface area (Å²) in [5.74, 6) is -0.975. The Bertz CT molecular complexity index is 728. The largest absolute Gasteiger partial charge is 0.373 e. The Morgan fingerprint density at radius 3 is 2.78 bits per heavy atom. The van der Waals surface area contributed by atoms with E-state index in [9.17, 15) is 14.4 Å². The molecule has 6 heteroatoms. The van der Waals surface area contributed by atoms with Gasteiger partial charge in [0.15, 0.2) is 0 Å². The lowest BCUT2D eigenvalue weighted by Crippen LogP contribution is -2.68. The van der Waals surface area contributed by atoms with Crippen molar-refractivity contribution in [2.45, 2.75) is 13.3 Å². The highest BCUT2D eigenvalue weighted by Crippen LogP contribution is 2.39. The Kier molecular flexibility index (Phi) is 3.47. The molecule has 4 amide bonds. The highest BCUT2D eigenvalue weighted by atomic mass is 16.2. The number of hydrogen-bond donors (Lipinski definition) is 1. The number of carbonyl (C=O) groups excluding carboxylic acids is 3. The van der Waals surface area contributed by atoms with Crippen molar-refractivity contribution in [2.75, 3.05) is 25.0 Å². The molecule has 0 aliphatic carbocycles. The van der Waals surface area contributed by atoms with Crippen molar-refractivity contribution in [3.8, 4) is 0 Å². The van der Waals surface area contributed by atoms with Gasteiger partial charge in [-0.2, -0.15) is 0 Å². The van der Waals surface area contributed by atoms with Crippen molar-refractivity contribution in [3.63, 3.8) is 0 Å². The van der Waals surface area contributed by atoms with E-state index in [1.807, 2.05) is 37.1 Å². The molecule has 0 aromatic heterocycles. The van der Waals surface area contributed by atoms with Crippen LogP contribution in [0.15, 0.2) is 30.9 Å². The quantitative estimate of drug-likeness (QED) is 0.659. The van der Waals surface area contributed by atoms with Gasteiger partial charge in [-0.3, -0.25) is 19.8 Å². The van der Waals surface area contributed by atoms with Crippen LogP contribution in [0.4, 0.5) is 10.5 Å². The molecule has 120 valence electrons. The van der Waals surface area contributed by atoms with Crippen LogP contribution in [0.2, 0.25) is 0 Å². The van der Waals surface area contributed by atoms with Gasteiger partial charge in [0.05, 0.1) is 0 Å². The number of benzene rings is 1. The van der Waals surface area contributed by atoms with Gasteiger partial charge < -0.3 is 4.90 Å². The molecule has 23 heavy (non-hydrogen) atoms. The first-order valence-electron chi connectivity index (χ1n) is 7.48. The summed E-state index contributed by atoms with van der Waals surface area (Å²) in [6.45, 7) is 5.87. The van der Waals surface area contributed by atoms with Crippen LogP contribution in [-0.2, 0) is 16.0 Å². The topological polar surface area (TPSA) is 69.7 Å². The number of carbonyl (C=O) groups is 3. The molecule has 6 nitrogen and oxygen atoms in total. The third-order valence-electron chi connectivity index (χ3n) is 4.51. The van der Waals surface area contributed by atoms with E-state index < -0.39 is 23.3 Å². The molecule has 1 saturated heterocycles. The summed E-state index contributed by atoms with van der Waals surface area (Å²) in [5, 5.41) is 2.32. The summed E-state index contributed by atoms with van der Waals surface area (Å²) in [4.78, 5) is 40.4. The molecule has 0 radical (unpaired) electrons. The third kappa shape index (κ3) is 2.21. The van der Waals surface area contributed by atoms with Crippen LogP contribution in [-0.4, -0.2) is 42.9 Å². The molecular formula is C17H19N3O3. The average molecular weight is 313 g/mol. The number of fused-ring (bicyclic) bond motifs is 1. The molecule has 1 spiro atoms. The van der Waals surface area contributed by atoms with E-state index in [1.165, 1.54) is 6.08 Å². The minimum Gasteiger partial charge on any atom is -0.373 e. The van der Waals surface area contributed by atoms with Gasteiger partial charge in [-0.1, -0.05) is 23.8 Å².